The Labute approximate surface area is 185 Å². The van der Waals surface area contributed by atoms with Crippen LogP contribution in [0.25, 0.3) is 0 Å². The number of hydrogen-bond donors (Lipinski definition) is 0. The first kappa shape index (κ1) is 19.0. The molecule has 5 heteroatoms. The maximum Gasteiger partial charge on any atom is 0.308 e. The average Bonchev–Trinajstić information content (AvgIpc) is 3.06. The molecule has 3 aromatic carbocycles. The zero-order chi connectivity index (χ0) is 22.2. The number of rotatable bonds is 2. The summed E-state index contributed by atoms with van der Waals surface area (Å²) in [6, 6.07) is 23.0. The van der Waals surface area contributed by atoms with Crippen molar-refractivity contribution in [2.45, 2.75) is 25.2 Å². The third kappa shape index (κ3) is 2.25. The second-order valence-electron chi connectivity index (χ2n) is 8.96. The summed E-state index contributed by atoms with van der Waals surface area (Å²) in [6.45, 7) is 3.44. The fourth-order valence-electron chi connectivity index (χ4n) is 6.23. The van der Waals surface area contributed by atoms with Crippen molar-refractivity contribution >= 4 is 23.5 Å². The van der Waals surface area contributed by atoms with Crippen molar-refractivity contribution < 1.29 is 19.1 Å². The molecule has 1 saturated heterocycles. The van der Waals surface area contributed by atoms with Crippen molar-refractivity contribution in [1.29, 1.82) is 0 Å². The van der Waals surface area contributed by atoms with Gasteiger partial charge in [0.15, 0.2) is 0 Å². The van der Waals surface area contributed by atoms with Crippen molar-refractivity contribution in [3.05, 3.63) is 95.1 Å². The minimum absolute atomic E-state index is 0.143. The van der Waals surface area contributed by atoms with Crippen LogP contribution in [0.5, 0.6) is 5.75 Å². The van der Waals surface area contributed by atoms with Gasteiger partial charge < -0.3 is 4.74 Å². The van der Waals surface area contributed by atoms with E-state index in [-0.39, 0.29) is 17.7 Å². The first-order chi connectivity index (χ1) is 15.4. The third-order valence-electron chi connectivity index (χ3n) is 7.40. The normalized spacial score (nSPS) is 27.1. The Bertz CT molecular complexity index is 1260. The number of imide groups is 1. The highest BCUT2D eigenvalue weighted by atomic mass is 16.5. The number of benzene rings is 3. The Kier molecular flexibility index (Phi) is 3.79. The van der Waals surface area contributed by atoms with E-state index in [0.29, 0.717) is 11.4 Å². The Morgan fingerprint density at radius 2 is 1.41 bits per heavy atom. The van der Waals surface area contributed by atoms with Crippen LogP contribution in [-0.2, 0) is 19.8 Å². The van der Waals surface area contributed by atoms with Crippen LogP contribution in [0.15, 0.2) is 72.8 Å². The van der Waals surface area contributed by atoms with Gasteiger partial charge in [-0.3, -0.25) is 14.4 Å². The molecule has 32 heavy (non-hydrogen) atoms. The average molecular weight is 423 g/mol. The molecule has 1 heterocycles. The largest absolute Gasteiger partial charge is 0.427 e. The number of carbonyl (C=O) groups excluding carboxylic acids is 3. The van der Waals surface area contributed by atoms with Gasteiger partial charge in [0.05, 0.1) is 17.5 Å². The van der Waals surface area contributed by atoms with E-state index in [4.69, 9.17) is 4.74 Å². The Morgan fingerprint density at radius 1 is 0.844 bits per heavy atom. The predicted molar refractivity (Wildman–Crippen MR) is 118 cm³/mol. The molecule has 2 bridgehead atoms. The lowest BCUT2D eigenvalue weighted by molar-refractivity contribution is -0.132. The molecule has 1 aliphatic heterocycles. The molecule has 1 fully saturated rings. The van der Waals surface area contributed by atoms with Crippen LogP contribution in [0.2, 0.25) is 0 Å². The summed E-state index contributed by atoms with van der Waals surface area (Å²) in [6.07, 6.45) is 0. The van der Waals surface area contributed by atoms with Gasteiger partial charge in [0.2, 0.25) is 11.8 Å². The van der Waals surface area contributed by atoms with Crippen LogP contribution in [0.4, 0.5) is 5.69 Å². The van der Waals surface area contributed by atoms with Crippen LogP contribution in [0, 0.1) is 11.8 Å². The summed E-state index contributed by atoms with van der Waals surface area (Å²) in [5.74, 6) is -1.42. The summed E-state index contributed by atoms with van der Waals surface area (Å²) in [4.78, 5) is 40.2. The van der Waals surface area contributed by atoms with Crippen LogP contribution < -0.4 is 9.64 Å². The van der Waals surface area contributed by atoms with Gasteiger partial charge in [0.25, 0.3) is 0 Å². The molecule has 4 aliphatic rings. The highest BCUT2D eigenvalue weighted by Crippen LogP contribution is 2.64. The van der Waals surface area contributed by atoms with Crippen molar-refractivity contribution in [2.75, 3.05) is 4.90 Å². The SMILES string of the molecule is CC(=O)Oc1ccc(N2C(=O)[C@@H]3[C@@H](C2=O)C2c4ccccc4C3(C)c3ccccc32)cc1. The zero-order valence-electron chi connectivity index (χ0n) is 17.7. The molecule has 0 saturated carbocycles. The molecule has 2 atom stereocenters. The Balaban J connectivity index is 1.50. The Morgan fingerprint density at radius 3 is 1.97 bits per heavy atom. The molecular formula is C27H21NO4. The van der Waals surface area contributed by atoms with Gasteiger partial charge in [0, 0.05) is 18.3 Å². The maximum atomic E-state index is 13.8. The van der Waals surface area contributed by atoms with Gasteiger partial charge in [-0.15, -0.1) is 0 Å². The third-order valence-corrected chi connectivity index (χ3v) is 7.40. The second-order valence-corrected chi connectivity index (χ2v) is 8.96. The van der Waals surface area contributed by atoms with Gasteiger partial charge >= 0.3 is 5.97 Å². The number of carbonyl (C=O) groups is 3. The molecule has 0 aromatic heterocycles. The molecule has 0 N–H and O–H groups in total. The van der Waals surface area contributed by atoms with E-state index >= 15 is 0 Å². The van der Waals surface area contributed by atoms with Gasteiger partial charge in [0.1, 0.15) is 5.75 Å². The van der Waals surface area contributed by atoms with E-state index in [1.165, 1.54) is 11.8 Å². The minimum atomic E-state index is -0.578. The van der Waals surface area contributed by atoms with Crippen molar-refractivity contribution in [3.63, 3.8) is 0 Å². The number of nitrogens with zero attached hydrogens (tertiary/aromatic N) is 1. The number of hydrogen-bond acceptors (Lipinski definition) is 4. The smallest absolute Gasteiger partial charge is 0.308 e. The fraction of sp³-hybridized carbons (Fsp3) is 0.222. The van der Waals surface area contributed by atoms with E-state index in [2.05, 4.69) is 31.2 Å². The molecule has 0 spiro atoms. The lowest BCUT2D eigenvalue weighted by Gasteiger charge is -2.52. The van der Waals surface area contributed by atoms with Gasteiger partial charge in [-0.25, -0.2) is 4.90 Å². The van der Waals surface area contributed by atoms with Crippen LogP contribution in [0.3, 0.4) is 0 Å². The van der Waals surface area contributed by atoms with Crippen molar-refractivity contribution in [2.24, 2.45) is 11.8 Å². The first-order valence-corrected chi connectivity index (χ1v) is 10.8. The number of amides is 2. The molecule has 3 aliphatic carbocycles. The highest BCUT2D eigenvalue weighted by molar-refractivity contribution is 6.23. The molecule has 158 valence electrons. The van der Waals surface area contributed by atoms with Crippen molar-refractivity contribution in [3.8, 4) is 5.75 Å². The molecule has 2 amide bonds. The molecule has 0 unspecified atom stereocenters. The topological polar surface area (TPSA) is 63.7 Å². The predicted octanol–water partition coefficient (Wildman–Crippen LogP) is 4.18. The quantitative estimate of drug-likeness (QED) is 0.352. The second kappa shape index (κ2) is 6.39. The zero-order valence-corrected chi connectivity index (χ0v) is 17.7. The Hall–Kier alpha value is -3.73. The summed E-state index contributed by atoms with van der Waals surface area (Å²) in [5.41, 5.74) is 4.48. The van der Waals surface area contributed by atoms with Crippen LogP contribution in [0.1, 0.15) is 42.0 Å². The molecular weight excluding hydrogens is 402 g/mol. The van der Waals surface area contributed by atoms with E-state index in [1.807, 2.05) is 24.3 Å². The van der Waals surface area contributed by atoms with Crippen LogP contribution >= 0.6 is 0 Å². The lowest BCUT2D eigenvalue weighted by Crippen LogP contribution is -2.51. The van der Waals surface area contributed by atoms with Gasteiger partial charge in [-0.2, -0.15) is 0 Å². The van der Waals surface area contributed by atoms with Gasteiger partial charge in [-0.1, -0.05) is 55.5 Å². The van der Waals surface area contributed by atoms with Crippen molar-refractivity contribution in [1.82, 2.24) is 0 Å². The molecule has 5 nitrogen and oxygen atoms in total. The lowest BCUT2D eigenvalue weighted by atomic mass is 9.48. The first-order valence-electron chi connectivity index (χ1n) is 10.8. The standard InChI is InChI=1S/C27H21NO4/c1-15(29)32-17-13-11-16(12-14-17)28-25(30)23-22-18-7-3-5-9-20(18)27(2,24(23)26(28)31)21-10-6-4-8-19(21)22/h3-14,22-24H,1-2H3/t22?,23-,24-,27?/m0/s1. The summed E-state index contributed by atoms with van der Waals surface area (Å²) in [7, 11) is 0. The molecule has 3 aromatic rings. The highest BCUT2D eigenvalue weighted by Gasteiger charge is 2.66. The van der Waals surface area contributed by atoms with Crippen LogP contribution in [-0.4, -0.2) is 17.8 Å². The van der Waals surface area contributed by atoms with Gasteiger partial charge in [-0.05, 0) is 46.5 Å². The van der Waals surface area contributed by atoms with E-state index in [1.54, 1.807) is 24.3 Å². The van der Waals surface area contributed by atoms with E-state index in [0.717, 1.165) is 22.3 Å². The van der Waals surface area contributed by atoms with E-state index in [9.17, 15) is 14.4 Å². The minimum Gasteiger partial charge on any atom is -0.427 e. The number of ether oxygens (including phenoxy) is 1. The summed E-state index contributed by atoms with van der Waals surface area (Å²) < 4.78 is 5.10. The fourth-order valence-corrected chi connectivity index (χ4v) is 6.23. The number of esters is 1. The van der Waals surface area contributed by atoms with E-state index < -0.39 is 23.2 Å². The summed E-state index contributed by atoms with van der Waals surface area (Å²) in [5, 5.41) is 0. The summed E-state index contributed by atoms with van der Waals surface area (Å²) >= 11 is 0. The molecule has 0 radical (unpaired) electrons. The monoisotopic (exact) mass is 423 g/mol. The maximum absolute atomic E-state index is 13.8. The number of anilines is 1. The molecule has 7 rings (SSSR count).